The lowest BCUT2D eigenvalue weighted by molar-refractivity contribution is 0.300. The molecule has 38 heavy (non-hydrogen) atoms. The van der Waals surface area contributed by atoms with Gasteiger partial charge < -0.3 is 14.7 Å². The van der Waals surface area contributed by atoms with Crippen LogP contribution in [-0.4, -0.2) is 30.5 Å². The van der Waals surface area contributed by atoms with Gasteiger partial charge in [0.2, 0.25) is 0 Å². The van der Waals surface area contributed by atoms with Crippen LogP contribution in [0.25, 0.3) is 16.6 Å². The van der Waals surface area contributed by atoms with E-state index >= 15 is 4.39 Å². The largest absolute Gasteiger partial charge is 0.486 e. The van der Waals surface area contributed by atoms with E-state index in [4.69, 9.17) is 10.1 Å². The number of hydrogen-bond donors (Lipinski definition) is 1. The van der Waals surface area contributed by atoms with Gasteiger partial charge in [0.05, 0.1) is 36.4 Å². The molecule has 0 atom stereocenters. The molecule has 0 bridgehead atoms. The lowest BCUT2D eigenvalue weighted by Crippen LogP contribution is -2.25. The summed E-state index contributed by atoms with van der Waals surface area (Å²) in [5.41, 5.74) is 3.20. The van der Waals surface area contributed by atoms with E-state index in [0.717, 1.165) is 18.6 Å². The van der Waals surface area contributed by atoms with Gasteiger partial charge in [0, 0.05) is 40.3 Å². The first-order valence-electron chi connectivity index (χ1n) is 12.0. The summed E-state index contributed by atoms with van der Waals surface area (Å²) in [6.45, 7) is 3.67. The zero-order valence-corrected chi connectivity index (χ0v) is 20.8. The van der Waals surface area contributed by atoms with Crippen molar-refractivity contribution in [3.05, 3.63) is 111 Å². The number of nitrogens with one attached hydrogen (secondary N) is 1. The summed E-state index contributed by atoms with van der Waals surface area (Å²) >= 11 is 0. The van der Waals surface area contributed by atoms with Crippen LogP contribution < -0.4 is 10.3 Å². The van der Waals surface area contributed by atoms with Crippen LogP contribution in [-0.2, 0) is 19.6 Å². The highest BCUT2D eigenvalue weighted by atomic mass is 19.1. The molecule has 1 aromatic carbocycles. The summed E-state index contributed by atoms with van der Waals surface area (Å²) in [5, 5.41) is 12.2. The van der Waals surface area contributed by atoms with E-state index in [0.29, 0.717) is 45.7 Å². The minimum atomic E-state index is -0.550. The van der Waals surface area contributed by atoms with E-state index in [-0.39, 0.29) is 29.8 Å². The number of nitrogens with zero attached hydrogens (tertiary/aromatic N) is 5. The lowest BCUT2D eigenvalue weighted by atomic mass is 10.0. The molecule has 0 aliphatic carbocycles. The fourth-order valence-electron chi connectivity index (χ4n) is 4.43. The van der Waals surface area contributed by atoms with Crippen LogP contribution in [0.2, 0.25) is 0 Å². The summed E-state index contributed by atoms with van der Waals surface area (Å²) < 4.78 is 37.8. The number of hydrogen-bond acceptors (Lipinski definition) is 6. The molecule has 0 aliphatic rings. The highest BCUT2D eigenvalue weighted by molar-refractivity contribution is 5.91. The zero-order valence-electron chi connectivity index (χ0n) is 20.8. The molecule has 0 saturated carbocycles. The summed E-state index contributed by atoms with van der Waals surface area (Å²) in [6, 6.07) is 10.4. The van der Waals surface area contributed by atoms with Gasteiger partial charge in [-0.3, -0.25) is 9.78 Å². The van der Waals surface area contributed by atoms with Gasteiger partial charge in [0.1, 0.15) is 23.7 Å². The number of para-hydroxylation sites is 1. The second-order valence-corrected chi connectivity index (χ2v) is 8.73. The first-order chi connectivity index (χ1) is 18.4. The summed E-state index contributed by atoms with van der Waals surface area (Å²) in [6.07, 6.45) is 6.69. The van der Waals surface area contributed by atoms with E-state index in [1.807, 2.05) is 19.9 Å². The predicted molar refractivity (Wildman–Crippen MR) is 139 cm³/mol. The van der Waals surface area contributed by atoms with Crippen LogP contribution in [0.3, 0.4) is 0 Å². The average Bonchev–Trinajstić information content (AvgIpc) is 3.35. The molecule has 5 rings (SSSR count). The lowest BCUT2D eigenvalue weighted by Gasteiger charge is -2.17. The number of rotatable bonds is 8. The zero-order chi connectivity index (χ0) is 26.8. The highest BCUT2D eigenvalue weighted by Gasteiger charge is 2.18. The Morgan fingerprint density at radius 2 is 1.97 bits per heavy atom. The molecule has 0 amide bonds. The number of halogens is 2. The molecule has 4 heterocycles. The molecule has 192 valence electrons. The van der Waals surface area contributed by atoms with Gasteiger partial charge in [-0.25, -0.2) is 18.4 Å². The third kappa shape index (κ3) is 4.68. The molecular formula is C28H24F2N6O2. The minimum Gasteiger partial charge on any atom is -0.486 e. The Labute approximate surface area is 216 Å². The Hall–Kier alpha value is -4.73. The van der Waals surface area contributed by atoms with Gasteiger partial charge in [-0.1, -0.05) is 19.1 Å². The quantitative estimate of drug-likeness (QED) is 0.301. The predicted octanol–water partition coefficient (Wildman–Crippen LogP) is 4.75. The third-order valence-corrected chi connectivity index (χ3v) is 6.28. The normalized spacial score (nSPS) is 11.2. The molecule has 0 radical (unpaired) electrons. The molecule has 0 spiro atoms. The SMILES string of the molecule is CCc1ncc(F)c(COc2cccc3c(-n4cc(F)cn4)cc(C)nc23)c1Cn1cccc(C=N)c1=O. The summed E-state index contributed by atoms with van der Waals surface area (Å²) in [4.78, 5) is 21.6. The van der Waals surface area contributed by atoms with Crippen molar-refractivity contribution in [2.45, 2.75) is 33.4 Å². The van der Waals surface area contributed by atoms with Crippen LogP contribution in [0.5, 0.6) is 5.75 Å². The Kier molecular flexibility index (Phi) is 6.78. The topological polar surface area (TPSA) is 98.7 Å². The average molecular weight is 515 g/mol. The summed E-state index contributed by atoms with van der Waals surface area (Å²) in [5.74, 6) is -0.591. The second-order valence-electron chi connectivity index (χ2n) is 8.73. The number of benzene rings is 1. The van der Waals surface area contributed by atoms with Crippen molar-refractivity contribution in [2.24, 2.45) is 0 Å². The maximum absolute atomic E-state index is 15.2. The van der Waals surface area contributed by atoms with Crippen molar-refractivity contribution in [2.75, 3.05) is 0 Å². The van der Waals surface area contributed by atoms with Gasteiger partial charge in [-0.15, -0.1) is 0 Å². The van der Waals surface area contributed by atoms with Crippen LogP contribution in [0.15, 0.2) is 66.0 Å². The van der Waals surface area contributed by atoms with Crippen LogP contribution in [0, 0.1) is 24.0 Å². The first-order valence-corrected chi connectivity index (χ1v) is 12.0. The molecule has 8 nitrogen and oxygen atoms in total. The monoisotopic (exact) mass is 514 g/mol. The molecule has 0 fully saturated rings. The molecule has 0 aliphatic heterocycles. The van der Waals surface area contributed by atoms with Gasteiger partial charge in [-0.2, -0.15) is 5.10 Å². The van der Waals surface area contributed by atoms with E-state index in [1.54, 1.807) is 36.5 Å². The summed E-state index contributed by atoms with van der Waals surface area (Å²) in [7, 11) is 0. The van der Waals surface area contributed by atoms with Crippen molar-refractivity contribution < 1.29 is 13.5 Å². The fraction of sp³-hybridized carbons (Fsp3) is 0.179. The van der Waals surface area contributed by atoms with E-state index in [9.17, 15) is 9.18 Å². The molecule has 4 aromatic heterocycles. The minimum absolute atomic E-state index is 0.0784. The van der Waals surface area contributed by atoms with Crippen molar-refractivity contribution in [1.82, 2.24) is 24.3 Å². The standard InChI is InChI=1S/C28H24F2N6O2/c1-3-24-21(15-35-9-5-6-18(11-31)28(35)37)22(23(30)13-32-24)16-38-26-8-4-7-20-25(10-17(2)34-27(20)26)36-14-19(29)12-33-36/h4-14,31H,3,15-16H2,1-2H3. The Morgan fingerprint density at radius 1 is 1.13 bits per heavy atom. The third-order valence-electron chi connectivity index (χ3n) is 6.28. The Bertz CT molecular complexity index is 1730. The van der Waals surface area contributed by atoms with Crippen molar-refractivity contribution >= 4 is 17.1 Å². The number of fused-ring (bicyclic) bond motifs is 1. The second kappa shape index (κ2) is 10.3. The smallest absolute Gasteiger partial charge is 0.259 e. The molecule has 5 aromatic rings. The van der Waals surface area contributed by atoms with Gasteiger partial charge >= 0.3 is 0 Å². The van der Waals surface area contributed by atoms with Gasteiger partial charge in [0.15, 0.2) is 5.82 Å². The molecular weight excluding hydrogens is 490 g/mol. The van der Waals surface area contributed by atoms with Crippen LogP contribution >= 0.6 is 0 Å². The first kappa shape index (κ1) is 24.9. The van der Waals surface area contributed by atoms with Crippen molar-refractivity contribution in [3.8, 4) is 11.4 Å². The maximum Gasteiger partial charge on any atom is 0.259 e. The number of aromatic nitrogens is 5. The molecule has 1 N–H and O–H groups in total. The molecule has 0 saturated heterocycles. The number of aryl methyl sites for hydroxylation is 2. The Morgan fingerprint density at radius 3 is 2.71 bits per heavy atom. The number of ether oxygens (including phenoxy) is 1. The highest BCUT2D eigenvalue weighted by Crippen LogP contribution is 2.30. The van der Waals surface area contributed by atoms with Gasteiger partial charge in [-0.05, 0) is 37.6 Å². The van der Waals surface area contributed by atoms with Crippen molar-refractivity contribution in [3.63, 3.8) is 0 Å². The van der Waals surface area contributed by atoms with E-state index in [1.165, 1.54) is 15.4 Å². The van der Waals surface area contributed by atoms with E-state index < -0.39 is 11.6 Å². The number of pyridine rings is 3. The van der Waals surface area contributed by atoms with Gasteiger partial charge in [0.25, 0.3) is 5.56 Å². The van der Waals surface area contributed by atoms with Crippen LogP contribution in [0.4, 0.5) is 8.78 Å². The van der Waals surface area contributed by atoms with Crippen molar-refractivity contribution in [1.29, 1.82) is 5.41 Å². The molecule has 10 heteroatoms. The maximum atomic E-state index is 15.2. The Balaban J connectivity index is 1.55. The van der Waals surface area contributed by atoms with Crippen LogP contribution in [0.1, 0.15) is 35.0 Å². The molecule has 0 unspecified atom stereocenters. The fourth-order valence-corrected chi connectivity index (χ4v) is 4.43. The van der Waals surface area contributed by atoms with E-state index in [2.05, 4.69) is 15.1 Å².